The fraction of sp³-hybridized carbons (Fsp3) is 0. The quantitative estimate of drug-likeness (QED) is 0.774. The molecular weight excluding hydrogens is 214 g/mol. The van der Waals surface area contributed by atoms with Gasteiger partial charge in [0, 0.05) is 17.7 Å². The maximum absolute atomic E-state index is 13.4. The molecule has 0 saturated heterocycles. The molecule has 5 heteroatoms. The van der Waals surface area contributed by atoms with Gasteiger partial charge in [-0.15, -0.1) is 0 Å². The molecule has 16 heavy (non-hydrogen) atoms. The zero-order chi connectivity index (χ0) is 11.7. The van der Waals surface area contributed by atoms with E-state index in [1.807, 2.05) is 0 Å². The third-order valence-electron chi connectivity index (χ3n) is 2.11. The summed E-state index contributed by atoms with van der Waals surface area (Å²) < 4.78 is 26.1. The molecule has 0 fully saturated rings. The lowest BCUT2D eigenvalue weighted by Crippen LogP contribution is -2.07. The normalized spacial score (nSPS) is 10.4. The van der Waals surface area contributed by atoms with Crippen molar-refractivity contribution >= 4 is 5.82 Å². The number of rotatable bonds is 1. The van der Waals surface area contributed by atoms with Gasteiger partial charge in [-0.2, -0.15) is 0 Å². The standard InChI is InChI=1S/C11H8F2N2O/c12-7-1-2-8(9(13)5-7)6-3-10(14)15-11(16)4-6/h1-5H,(H3,14,15,16). The van der Waals surface area contributed by atoms with Crippen molar-refractivity contribution in [3.63, 3.8) is 0 Å². The highest BCUT2D eigenvalue weighted by Crippen LogP contribution is 2.22. The predicted octanol–water partition coefficient (Wildman–Crippen LogP) is 1.90. The molecule has 0 saturated carbocycles. The van der Waals surface area contributed by atoms with E-state index in [2.05, 4.69) is 4.98 Å². The molecule has 0 aliphatic carbocycles. The Morgan fingerprint density at radius 1 is 1.12 bits per heavy atom. The Labute approximate surface area is 89.5 Å². The number of halogens is 2. The van der Waals surface area contributed by atoms with E-state index >= 15 is 0 Å². The molecule has 82 valence electrons. The van der Waals surface area contributed by atoms with Crippen molar-refractivity contribution in [2.24, 2.45) is 0 Å². The van der Waals surface area contributed by atoms with Gasteiger partial charge in [-0.3, -0.25) is 4.79 Å². The van der Waals surface area contributed by atoms with Gasteiger partial charge in [0.05, 0.1) is 0 Å². The van der Waals surface area contributed by atoms with Crippen LogP contribution in [0.15, 0.2) is 35.1 Å². The summed E-state index contributed by atoms with van der Waals surface area (Å²) in [5.74, 6) is -1.27. The van der Waals surface area contributed by atoms with Crippen molar-refractivity contribution < 1.29 is 8.78 Å². The zero-order valence-electron chi connectivity index (χ0n) is 8.13. The smallest absolute Gasteiger partial charge is 0.250 e. The summed E-state index contributed by atoms with van der Waals surface area (Å²) in [6, 6.07) is 5.76. The summed E-state index contributed by atoms with van der Waals surface area (Å²) >= 11 is 0. The first kappa shape index (κ1) is 10.4. The molecular formula is C11H8F2N2O. The molecule has 0 radical (unpaired) electrons. The highest BCUT2D eigenvalue weighted by molar-refractivity contribution is 5.66. The fourth-order valence-corrected chi connectivity index (χ4v) is 1.44. The molecule has 0 spiro atoms. The number of hydrogen-bond donors (Lipinski definition) is 2. The Kier molecular flexibility index (Phi) is 2.44. The van der Waals surface area contributed by atoms with Crippen LogP contribution in [0.1, 0.15) is 0 Å². The lowest BCUT2D eigenvalue weighted by atomic mass is 10.1. The number of anilines is 1. The third-order valence-corrected chi connectivity index (χ3v) is 2.11. The number of aromatic amines is 1. The van der Waals surface area contributed by atoms with Crippen LogP contribution in [0.5, 0.6) is 0 Å². The van der Waals surface area contributed by atoms with Crippen LogP contribution < -0.4 is 11.3 Å². The van der Waals surface area contributed by atoms with Crippen molar-refractivity contribution in [3.8, 4) is 11.1 Å². The molecule has 0 aliphatic rings. The molecule has 0 aliphatic heterocycles. The Bertz CT molecular complexity index is 593. The van der Waals surface area contributed by atoms with E-state index in [0.717, 1.165) is 12.1 Å². The Morgan fingerprint density at radius 3 is 2.50 bits per heavy atom. The number of hydrogen-bond acceptors (Lipinski definition) is 2. The monoisotopic (exact) mass is 222 g/mol. The zero-order valence-corrected chi connectivity index (χ0v) is 8.13. The van der Waals surface area contributed by atoms with Gasteiger partial charge in [-0.25, -0.2) is 8.78 Å². The molecule has 1 aromatic heterocycles. The maximum atomic E-state index is 13.4. The molecule has 3 nitrogen and oxygen atoms in total. The molecule has 2 aromatic rings. The fourth-order valence-electron chi connectivity index (χ4n) is 1.44. The summed E-state index contributed by atoms with van der Waals surface area (Å²) in [6.07, 6.45) is 0. The lowest BCUT2D eigenvalue weighted by molar-refractivity contribution is 0.585. The van der Waals surface area contributed by atoms with Gasteiger partial charge in [0.25, 0.3) is 0 Å². The van der Waals surface area contributed by atoms with Gasteiger partial charge >= 0.3 is 0 Å². The minimum Gasteiger partial charge on any atom is -0.385 e. The third kappa shape index (κ3) is 1.93. The average Bonchev–Trinajstić information content (AvgIpc) is 2.15. The number of aromatic nitrogens is 1. The van der Waals surface area contributed by atoms with Gasteiger partial charge in [0.15, 0.2) is 0 Å². The van der Waals surface area contributed by atoms with Crippen molar-refractivity contribution in [2.75, 3.05) is 5.73 Å². The molecule has 0 atom stereocenters. The molecule has 3 N–H and O–H groups in total. The topological polar surface area (TPSA) is 58.9 Å². The van der Waals surface area contributed by atoms with E-state index in [1.54, 1.807) is 0 Å². The Balaban J connectivity index is 2.63. The van der Waals surface area contributed by atoms with Crippen LogP contribution in [-0.4, -0.2) is 4.98 Å². The van der Waals surface area contributed by atoms with E-state index in [9.17, 15) is 13.6 Å². The van der Waals surface area contributed by atoms with Crippen LogP contribution in [-0.2, 0) is 0 Å². The van der Waals surface area contributed by atoms with Crippen LogP contribution in [0.3, 0.4) is 0 Å². The number of nitrogens with one attached hydrogen (secondary N) is 1. The van der Waals surface area contributed by atoms with E-state index in [0.29, 0.717) is 5.56 Å². The summed E-state index contributed by atoms with van der Waals surface area (Å²) in [7, 11) is 0. The second-order valence-corrected chi connectivity index (χ2v) is 3.31. The maximum Gasteiger partial charge on any atom is 0.250 e. The molecule has 0 bridgehead atoms. The lowest BCUT2D eigenvalue weighted by Gasteiger charge is -2.03. The molecule has 1 aromatic carbocycles. The molecule has 0 unspecified atom stereocenters. The summed E-state index contributed by atoms with van der Waals surface area (Å²) in [5, 5.41) is 0. The highest BCUT2D eigenvalue weighted by Gasteiger charge is 2.07. The van der Waals surface area contributed by atoms with E-state index in [4.69, 9.17) is 5.73 Å². The largest absolute Gasteiger partial charge is 0.385 e. The first-order chi connectivity index (χ1) is 7.56. The Morgan fingerprint density at radius 2 is 1.88 bits per heavy atom. The van der Waals surface area contributed by atoms with Crippen molar-refractivity contribution in [1.29, 1.82) is 0 Å². The number of pyridine rings is 1. The minimum atomic E-state index is -0.731. The SMILES string of the molecule is Nc1cc(-c2ccc(F)cc2F)cc(=O)[nH]1. The molecule has 0 amide bonds. The van der Waals surface area contributed by atoms with E-state index in [1.165, 1.54) is 18.2 Å². The summed E-state index contributed by atoms with van der Waals surface area (Å²) in [5.41, 5.74) is 5.45. The predicted molar refractivity (Wildman–Crippen MR) is 56.8 cm³/mol. The van der Waals surface area contributed by atoms with Gasteiger partial charge in [-0.1, -0.05) is 0 Å². The van der Waals surface area contributed by atoms with Crippen LogP contribution in [0.2, 0.25) is 0 Å². The van der Waals surface area contributed by atoms with E-state index in [-0.39, 0.29) is 11.4 Å². The Hall–Kier alpha value is -2.17. The summed E-state index contributed by atoms with van der Waals surface area (Å²) in [6.45, 7) is 0. The minimum absolute atomic E-state index is 0.131. The van der Waals surface area contributed by atoms with Crippen LogP contribution in [0.25, 0.3) is 11.1 Å². The molecule has 2 rings (SSSR count). The highest BCUT2D eigenvalue weighted by atomic mass is 19.1. The van der Waals surface area contributed by atoms with Crippen molar-refractivity contribution in [1.82, 2.24) is 4.98 Å². The van der Waals surface area contributed by atoms with Gasteiger partial charge in [0.1, 0.15) is 17.5 Å². The number of H-pyrrole nitrogens is 1. The molecule has 1 heterocycles. The van der Waals surface area contributed by atoms with Crippen LogP contribution >= 0.6 is 0 Å². The average molecular weight is 222 g/mol. The van der Waals surface area contributed by atoms with Gasteiger partial charge in [-0.05, 0) is 23.8 Å². The summed E-state index contributed by atoms with van der Waals surface area (Å²) in [4.78, 5) is 13.5. The number of nitrogen functional groups attached to an aromatic ring is 1. The van der Waals surface area contributed by atoms with E-state index < -0.39 is 17.2 Å². The first-order valence-electron chi connectivity index (χ1n) is 4.51. The second-order valence-electron chi connectivity index (χ2n) is 3.31. The number of benzene rings is 1. The van der Waals surface area contributed by atoms with Crippen LogP contribution in [0.4, 0.5) is 14.6 Å². The van der Waals surface area contributed by atoms with Crippen molar-refractivity contribution in [2.45, 2.75) is 0 Å². The second kappa shape index (κ2) is 3.77. The first-order valence-corrected chi connectivity index (χ1v) is 4.51. The van der Waals surface area contributed by atoms with Gasteiger partial charge in [0.2, 0.25) is 5.56 Å². The van der Waals surface area contributed by atoms with Crippen LogP contribution in [0, 0.1) is 11.6 Å². The van der Waals surface area contributed by atoms with Gasteiger partial charge < -0.3 is 10.7 Å². The van der Waals surface area contributed by atoms with Crippen molar-refractivity contribution in [3.05, 3.63) is 52.3 Å². The number of nitrogens with two attached hydrogens (primary N) is 1.